The summed E-state index contributed by atoms with van der Waals surface area (Å²) in [5.41, 5.74) is 1.34. The maximum atomic E-state index is 12.6. The summed E-state index contributed by atoms with van der Waals surface area (Å²) in [6, 6.07) is 11.9. The first-order valence-corrected chi connectivity index (χ1v) is 8.45. The summed E-state index contributed by atoms with van der Waals surface area (Å²) in [6.45, 7) is 0.516. The van der Waals surface area contributed by atoms with Crippen molar-refractivity contribution in [1.29, 1.82) is 0 Å². The Morgan fingerprint density at radius 2 is 1.90 bits per heavy atom. The molecule has 1 aliphatic rings. The second-order valence-corrected chi connectivity index (χ2v) is 6.90. The van der Waals surface area contributed by atoms with Crippen LogP contribution in [0.25, 0.3) is 0 Å². The second-order valence-electron chi connectivity index (χ2n) is 4.82. The highest BCUT2D eigenvalue weighted by Crippen LogP contribution is 2.35. The molecule has 0 aliphatic carbocycles. The molecule has 4 nitrogen and oxygen atoms in total. The summed E-state index contributed by atoms with van der Waals surface area (Å²) in [6.07, 6.45) is 1.63. The lowest BCUT2D eigenvalue weighted by molar-refractivity contribution is 0.280. The van der Waals surface area contributed by atoms with Crippen molar-refractivity contribution in [2.75, 3.05) is 11.3 Å². The van der Waals surface area contributed by atoms with E-state index in [2.05, 4.69) is 4.72 Å². The molecule has 0 saturated heterocycles. The molecule has 0 aromatic heterocycles. The number of hydrogen-bond donors (Lipinski definition) is 1. The molecular formula is C15H14ClNO3S. The maximum Gasteiger partial charge on any atom is 0.265 e. The Kier molecular flexibility index (Phi) is 3.78. The van der Waals surface area contributed by atoms with Gasteiger partial charge >= 0.3 is 0 Å². The van der Waals surface area contributed by atoms with Gasteiger partial charge in [0.15, 0.2) is 0 Å². The zero-order valence-electron chi connectivity index (χ0n) is 11.2. The Hall–Kier alpha value is -1.72. The molecule has 0 radical (unpaired) electrons. The number of nitrogens with one attached hydrogen (secondary N) is 1. The summed E-state index contributed by atoms with van der Waals surface area (Å²) < 4.78 is 33.3. The number of halogens is 1. The highest BCUT2D eigenvalue weighted by atomic mass is 35.5. The molecule has 1 aliphatic heterocycles. The molecule has 0 saturated carbocycles. The molecule has 6 heteroatoms. The number of rotatable bonds is 3. The van der Waals surface area contributed by atoms with Crippen LogP contribution in [-0.2, 0) is 16.4 Å². The topological polar surface area (TPSA) is 55.4 Å². The third-order valence-electron chi connectivity index (χ3n) is 3.25. The van der Waals surface area contributed by atoms with Gasteiger partial charge in [0.1, 0.15) is 10.6 Å². The highest BCUT2D eigenvalue weighted by Gasteiger charge is 2.25. The fraction of sp³-hybridized carbons (Fsp3) is 0.200. The van der Waals surface area contributed by atoms with E-state index in [9.17, 15) is 8.42 Å². The van der Waals surface area contributed by atoms with Gasteiger partial charge in [-0.15, -0.1) is 0 Å². The van der Waals surface area contributed by atoms with Crippen LogP contribution in [0.1, 0.15) is 12.0 Å². The average Bonchev–Trinajstić information content (AvgIpc) is 2.47. The van der Waals surface area contributed by atoms with E-state index in [0.717, 1.165) is 18.4 Å². The van der Waals surface area contributed by atoms with Crippen LogP contribution in [0, 0.1) is 0 Å². The monoisotopic (exact) mass is 323 g/mol. The largest absolute Gasteiger partial charge is 0.492 e. The molecule has 0 bridgehead atoms. The minimum absolute atomic E-state index is 0.0913. The van der Waals surface area contributed by atoms with E-state index in [1.807, 2.05) is 6.07 Å². The van der Waals surface area contributed by atoms with Gasteiger partial charge in [-0.3, -0.25) is 4.72 Å². The summed E-state index contributed by atoms with van der Waals surface area (Å²) in [5.74, 6) is 0.411. The molecule has 0 fully saturated rings. The standard InChI is InChI=1S/C15H14ClNO3S/c16-12-9-11-5-4-8-20-15(11)14(10-12)21(18,19)17-13-6-2-1-3-7-13/h1-3,6-7,9-10,17H,4-5,8H2. The van der Waals surface area contributed by atoms with Crippen LogP contribution in [0.4, 0.5) is 5.69 Å². The summed E-state index contributed by atoms with van der Waals surface area (Å²) >= 11 is 6.04. The normalized spacial score (nSPS) is 14.1. The van der Waals surface area contributed by atoms with Crippen LogP contribution in [0.2, 0.25) is 5.02 Å². The van der Waals surface area contributed by atoms with E-state index < -0.39 is 10.0 Å². The minimum atomic E-state index is -3.74. The lowest BCUT2D eigenvalue weighted by Crippen LogP contribution is -2.18. The van der Waals surface area contributed by atoms with Crippen LogP contribution in [-0.4, -0.2) is 15.0 Å². The lowest BCUT2D eigenvalue weighted by Gasteiger charge is -2.21. The van der Waals surface area contributed by atoms with Gasteiger partial charge < -0.3 is 4.74 Å². The molecule has 3 rings (SSSR count). The zero-order chi connectivity index (χ0) is 14.9. The number of anilines is 1. The number of hydrogen-bond acceptors (Lipinski definition) is 3. The van der Waals surface area contributed by atoms with E-state index in [-0.39, 0.29) is 4.90 Å². The Morgan fingerprint density at radius 1 is 1.14 bits per heavy atom. The van der Waals surface area contributed by atoms with Crippen molar-refractivity contribution in [3.8, 4) is 5.75 Å². The molecule has 110 valence electrons. The van der Waals surface area contributed by atoms with E-state index in [1.54, 1.807) is 30.3 Å². The van der Waals surface area contributed by atoms with Crippen molar-refractivity contribution >= 4 is 27.3 Å². The van der Waals surface area contributed by atoms with Gasteiger partial charge in [-0.1, -0.05) is 29.8 Å². The number of aryl methyl sites for hydroxylation is 1. The first-order valence-electron chi connectivity index (χ1n) is 6.59. The summed E-state index contributed by atoms with van der Waals surface area (Å²) in [4.78, 5) is 0.0913. The zero-order valence-corrected chi connectivity index (χ0v) is 12.7. The van der Waals surface area contributed by atoms with Crippen molar-refractivity contribution in [2.45, 2.75) is 17.7 Å². The van der Waals surface area contributed by atoms with Gasteiger partial charge in [0.25, 0.3) is 10.0 Å². The summed E-state index contributed by atoms with van der Waals surface area (Å²) in [5, 5.41) is 0.396. The second kappa shape index (κ2) is 5.58. The van der Waals surface area contributed by atoms with E-state index >= 15 is 0 Å². The number of benzene rings is 2. The van der Waals surface area contributed by atoms with Crippen molar-refractivity contribution in [2.24, 2.45) is 0 Å². The van der Waals surface area contributed by atoms with Gasteiger partial charge in [0, 0.05) is 10.7 Å². The average molecular weight is 324 g/mol. The van der Waals surface area contributed by atoms with Crippen molar-refractivity contribution in [3.05, 3.63) is 53.1 Å². The fourth-order valence-electron chi connectivity index (χ4n) is 2.32. The molecular weight excluding hydrogens is 310 g/mol. The predicted octanol–water partition coefficient (Wildman–Crippen LogP) is 3.47. The van der Waals surface area contributed by atoms with Crippen LogP contribution >= 0.6 is 11.6 Å². The first kappa shape index (κ1) is 14.2. The molecule has 0 atom stereocenters. The molecule has 0 amide bonds. The number of ether oxygens (including phenoxy) is 1. The SMILES string of the molecule is O=S(=O)(Nc1ccccc1)c1cc(Cl)cc2c1OCCC2. The number of fused-ring (bicyclic) bond motifs is 1. The molecule has 21 heavy (non-hydrogen) atoms. The predicted molar refractivity (Wildman–Crippen MR) is 82.5 cm³/mol. The van der Waals surface area contributed by atoms with Crippen LogP contribution < -0.4 is 9.46 Å². The Bertz CT molecular complexity index is 760. The van der Waals surface area contributed by atoms with E-state index in [1.165, 1.54) is 6.07 Å². The molecule has 1 N–H and O–H groups in total. The Labute approximate surface area is 128 Å². The van der Waals surface area contributed by atoms with Gasteiger partial charge in [0.05, 0.1) is 6.61 Å². The minimum Gasteiger partial charge on any atom is -0.492 e. The molecule has 2 aromatic carbocycles. The Morgan fingerprint density at radius 3 is 2.67 bits per heavy atom. The van der Waals surface area contributed by atoms with E-state index in [0.29, 0.717) is 23.1 Å². The van der Waals surface area contributed by atoms with Gasteiger partial charge in [-0.05, 0) is 42.7 Å². The maximum absolute atomic E-state index is 12.6. The number of sulfonamides is 1. The molecule has 1 heterocycles. The number of para-hydroxylation sites is 1. The van der Waals surface area contributed by atoms with Gasteiger partial charge in [-0.25, -0.2) is 8.42 Å². The third kappa shape index (κ3) is 2.99. The van der Waals surface area contributed by atoms with Gasteiger partial charge in [-0.2, -0.15) is 0 Å². The molecule has 2 aromatic rings. The Balaban J connectivity index is 2.05. The quantitative estimate of drug-likeness (QED) is 0.941. The van der Waals surface area contributed by atoms with E-state index in [4.69, 9.17) is 16.3 Å². The van der Waals surface area contributed by atoms with Crippen molar-refractivity contribution in [3.63, 3.8) is 0 Å². The van der Waals surface area contributed by atoms with Crippen LogP contribution in [0.3, 0.4) is 0 Å². The van der Waals surface area contributed by atoms with Crippen LogP contribution in [0.5, 0.6) is 5.75 Å². The molecule has 0 spiro atoms. The lowest BCUT2D eigenvalue weighted by atomic mass is 10.1. The molecule has 0 unspecified atom stereocenters. The highest BCUT2D eigenvalue weighted by molar-refractivity contribution is 7.92. The smallest absolute Gasteiger partial charge is 0.265 e. The first-order chi connectivity index (χ1) is 10.1. The van der Waals surface area contributed by atoms with Crippen LogP contribution in [0.15, 0.2) is 47.4 Å². The van der Waals surface area contributed by atoms with Crippen molar-refractivity contribution in [1.82, 2.24) is 0 Å². The summed E-state index contributed by atoms with van der Waals surface area (Å²) in [7, 11) is -3.74. The fourth-order valence-corrected chi connectivity index (χ4v) is 3.90. The van der Waals surface area contributed by atoms with Gasteiger partial charge in [0.2, 0.25) is 0 Å². The third-order valence-corrected chi connectivity index (χ3v) is 4.85. The van der Waals surface area contributed by atoms with Crippen molar-refractivity contribution < 1.29 is 13.2 Å².